The summed E-state index contributed by atoms with van der Waals surface area (Å²) in [6.45, 7) is 15.3. The van der Waals surface area contributed by atoms with E-state index in [0.717, 1.165) is 52.0 Å². The summed E-state index contributed by atoms with van der Waals surface area (Å²) in [5.41, 5.74) is 9.87. The lowest BCUT2D eigenvalue weighted by Crippen LogP contribution is -2.32. The van der Waals surface area contributed by atoms with Crippen molar-refractivity contribution < 1.29 is 34.0 Å². The van der Waals surface area contributed by atoms with Gasteiger partial charge in [0, 0.05) is 16.6 Å². The van der Waals surface area contributed by atoms with Crippen molar-refractivity contribution in [2.75, 3.05) is 33.0 Å². The van der Waals surface area contributed by atoms with Gasteiger partial charge in [-0.1, -0.05) is 111 Å². The molecule has 0 unspecified atom stereocenters. The topological polar surface area (TPSA) is 102 Å². The Kier molecular flexibility index (Phi) is 16.5. The van der Waals surface area contributed by atoms with Gasteiger partial charge in [-0.05, 0) is 116 Å². The maximum atomic E-state index is 12.1. The van der Waals surface area contributed by atoms with E-state index in [1.54, 1.807) is 13.8 Å². The predicted molar refractivity (Wildman–Crippen MR) is 222 cm³/mol. The Bertz CT molecular complexity index is 1810. The largest absolute Gasteiger partial charge is 0.493 e. The zero-order valence-corrected chi connectivity index (χ0v) is 33.1. The van der Waals surface area contributed by atoms with E-state index in [4.69, 9.17) is 14.2 Å². The van der Waals surface area contributed by atoms with Gasteiger partial charge in [0.25, 0.3) is 0 Å². The van der Waals surface area contributed by atoms with Gasteiger partial charge >= 0.3 is 11.9 Å². The molecule has 0 radical (unpaired) electrons. The van der Waals surface area contributed by atoms with Gasteiger partial charge in [0.2, 0.25) is 0 Å². The third-order valence-corrected chi connectivity index (χ3v) is 10.0. The van der Waals surface area contributed by atoms with Crippen molar-refractivity contribution in [2.24, 2.45) is 5.41 Å². The van der Waals surface area contributed by atoms with Gasteiger partial charge in [-0.25, -0.2) is 9.59 Å². The minimum atomic E-state index is -0.632. The van der Waals surface area contributed by atoms with Gasteiger partial charge in [-0.3, -0.25) is 0 Å². The number of aryl methyl sites for hydroxylation is 3. The zero-order valence-electron chi connectivity index (χ0n) is 33.1. The maximum absolute atomic E-state index is 12.1. The molecule has 4 rings (SSSR count). The van der Waals surface area contributed by atoms with Crippen molar-refractivity contribution in [3.63, 3.8) is 0 Å². The molecule has 0 saturated heterocycles. The second-order valence-corrected chi connectivity index (χ2v) is 14.7. The summed E-state index contributed by atoms with van der Waals surface area (Å²) in [6, 6.07) is 29.9. The molecule has 4 aromatic rings. The number of carbonyl (C=O) groups excluding carboxylic acids is 2. The third-order valence-electron chi connectivity index (χ3n) is 10.0. The molecule has 55 heavy (non-hydrogen) atoms. The van der Waals surface area contributed by atoms with Crippen LogP contribution in [0.4, 0.5) is 0 Å². The molecule has 7 heteroatoms. The van der Waals surface area contributed by atoms with E-state index in [1.807, 2.05) is 0 Å². The quantitative estimate of drug-likeness (QED) is 0.0469. The number of carbonyl (C=O) groups is 2. The number of hydrogen-bond donors (Lipinski definition) is 2. The smallest absolute Gasteiger partial charge is 0.333 e. The van der Waals surface area contributed by atoms with Gasteiger partial charge in [0.05, 0.1) is 33.0 Å². The Balaban J connectivity index is 1.65. The summed E-state index contributed by atoms with van der Waals surface area (Å²) in [6.07, 6.45) is 5.35. The Morgan fingerprint density at radius 1 is 0.600 bits per heavy atom. The average molecular weight is 747 g/mol. The van der Waals surface area contributed by atoms with Gasteiger partial charge in [0.15, 0.2) is 0 Å². The van der Waals surface area contributed by atoms with Crippen molar-refractivity contribution in [3.05, 3.63) is 126 Å². The van der Waals surface area contributed by atoms with Crippen molar-refractivity contribution in [1.82, 2.24) is 0 Å². The number of hydrogen-bond acceptors (Lipinski definition) is 7. The van der Waals surface area contributed by atoms with Crippen LogP contribution in [-0.4, -0.2) is 55.2 Å². The van der Waals surface area contributed by atoms with Gasteiger partial charge in [0.1, 0.15) is 5.75 Å². The molecule has 4 aromatic carbocycles. The van der Waals surface area contributed by atoms with E-state index in [-0.39, 0.29) is 26.4 Å². The molecule has 0 aromatic heterocycles. The Hall–Kier alpha value is -4.98. The van der Waals surface area contributed by atoms with E-state index >= 15 is 0 Å². The molecule has 0 aliphatic rings. The first kappa shape index (κ1) is 42.8. The summed E-state index contributed by atoms with van der Waals surface area (Å²) in [4.78, 5) is 24.2. The molecule has 0 aliphatic heterocycles. The maximum Gasteiger partial charge on any atom is 0.333 e. The monoisotopic (exact) mass is 746 g/mol. The highest BCUT2D eigenvalue weighted by Gasteiger charge is 2.28. The molecule has 2 N–H and O–H groups in total. The molecule has 0 bridgehead atoms. The van der Waals surface area contributed by atoms with Crippen LogP contribution in [0.2, 0.25) is 0 Å². The molecule has 0 saturated carbocycles. The van der Waals surface area contributed by atoms with Crippen LogP contribution < -0.4 is 4.74 Å². The Morgan fingerprint density at radius 2 is 1.00 bits per heavy atom. The lowest BCUT2D eigenvalue weighted by atomic mass is 9.81. The van der Waals surface area contributed by atoms with Crippen LogP contribution in [0.1, 0.15) is 76.0 Å². The van der Waals surface area contributed by atoms with E-state index in [2.05, 4.69) is 112 Å². The summed E-state index contributed by atoms with van der Waals surface area (Å²) in [5, 5.41) is 20.6. The van der Waals surface area contributed by atoms with Crippen LogP contribution in [0.3, 0.4) is 0 Å². The molecule has 0 spiro atoms. The summed E-state index contributed by atoms with van der Waals surface area (Å²) in [7, 11) is 0. The Labute approximate surface area is 327 Å². The number of aliphatic hydroxyl groups is 2. The van der Waals surface area contributed by atoms with Crippen LogP contribution in [-0.2, 0) is 31.9 Å². The molecule has 0 fully saturated rings. The van der Waals surface area contributed by atoms with E-state index in [1.165, 1.54) is 16.7 Å². The standard InChI is InChI=1S/C48H58O7/c1-7-8-25-48(32-49,33-50)26-29-53-45-42(11-9-27-54-46(51)34(2)3)30-44(31-43(45)12-10-28-55-47(52)35(4)5)41-23-21-40(22-24-41)39-19-17-38(18-20-39)37-15-13-36(6)14-16-37/h13-24,30-31,49-50H,2,4,7-12,25-29,32-33H2,1,3,5-6H3. The van der Waals surface area contributed by atoms with Crippen molar-refractivity contribution in [3.8, 4) is 39.1 Å². The fraction of sp³-hybridized carbons (Fsp3) is 0.375. The van der Waals surface area contributed by atoms with Crippen molar-refractivity contribution in [1.29, 1.82) is 0 Å². The highest BCUT2D eigenvalue weighted by atomic mass is 16.5. The van der Waals surface area contributed by atoms with Gasteiger partial charge in [-0.2, -0.15) is 0 Å². The minimum absolute atomic E-state index is 0.124. The number of unbranched alkanes of at least 4 members (excludes halogenated alkanes) is 1. The number of benzene rings is 4. The molecule has 0 aliphatic carbocycles. The molecule has 0 atom stereocenters. The van der Waals surface area contributed by atoms with E-state index < -0.39 is 17.4 Å². The van der Waals surface area contributed by atoms with Crippen LogP contribution >= 0.6 is 0 Å². The minimum Gasteiger partial charge on any atom is -0.493 e. The molecule has 0 amide bonds. The van der Waals surface area contributed by atoms with Crippen LogP contribution in [0.25, 0.3) is 33.4 Å². The normalized spacial score (nSPS) is 11.2. The van der Waals surface area contributed by atoms with E-state index in [0.29, 0.717) is 56.3 Å². The number of aliphatic hydroxyl groups excluding tert-OH is 2. The molecular weight excluding hydrogens is 689 g/mol. The Morgan fingerprint density at radius 3 is 1.38 bits per heavy atom. The second kappa shape index (κ2) is 21.2. The zero-order chi connectivity index (χ0) is 39.8. The first-order valence-corrected chi connectivity index (χ1v) is 19.4. The molecule has 7 nitrogen and oxygen atoms in total. The van der Waals surface area contributed by atoms with Crippen molar-refractivity contribution in [2.45, 2.75) is 79.1 Å². The number of ether oxygens (including phenoxy) is 3. The summed E-state index contributed by atoms with van der Waals surface area (Å²) < 4.78 is 17.4. The fourth-order valence-electron chi connectivity index (χ4n) is 6.45. The average Bonchev–Trinajstić information content (AvgIpc) is 3.20. The fourth-order valence-corrected chi connectivity index (χ4v) is 6.45. The summed E-state index contributed by atoms with van der Waals surface area (Å²) >= 11 is 0. The predicted octanol–water partition coefficient (Wildman–Crippen LogP) is 10.0. The lowest BCUT2D eigenvalue weighted by molar-refractivity contribution is -0.139. The summed E-state index contributed by atoms with van der Waals surface area (Å²) in [5.74, 6) is -0.111. The molecular formula is C48H58O7. The van der Waals surface area contributed by atoms with Crippen LogP contribution in [0, 0.1) is 12.3 Å². The van der Waals surface area contributed by atoms with Gasteiger partial charge < -0.3 is 24.4 Å². The molecule has 292 valence electrons. The lowest BCUT2D eigenvalue weighted by Gasteiger charge is -2.30. The van der Waals surface area contributed by atoms with E-state index in [9.17, 15) is 19.8 Å². The first-order valence-electron chi connectivity index (χ1n) is 19.4. The highest BCUT2D eigenvalue weighted by molar-refractivity contribution is 5.87. The number of rotatable bonds is 22. The van der Waals surface area contributed by atoms with Crippen LogP contribution in [0.15, 0.2) is 109 Å². The third kappa shape index (κ3) is 12.5. The van der Waals surface area contributed by atoms with Gasteiger partial charge in [-0.15, -0.1) is 0 Å². The van der Waals surface area contributed by atoms with Crippen LogP contribution in [0.5, 0.6) is 5.75 Å². The first-order chi connectivity index (χ1) is 26.5. The SMILES string of the molecule is C=C(C)C(=O)OCCCc1cc(-c2ccc(-c3ccc(-c4ccc(C)cc4)cc3)cc2)cc(CCCOC(=O)C(=C)C)c1OCCC(CO)(CO)CCCC. The second-order valence-electron chi connectivity index (χ2n) is 14.7. The molecule has 0 heterocycles. The highest BCUT2D eigenvalue weighted by Crippen LogP contribution is 2.36. The number of esters is 2. The van der Waals surface area contributed by atoms with Crippen molar-refractivity contribution >= 4 is 11.9 Å².